The number of rotatable bonds is 12. The molecule has 2 rings (SSSR count). The van der Waals surface area contributed by atoms with Crippen molar-refractivity contribution in [1.29, 1.82) is 0 Å². The first kappa shape index (κ1) is 28.7. The van der Waals surface area contributed by atoms with Gasteiger partial charge in [-0.1, -0.05) is 52.0 Å². The summed E-state index contributed by atoms with van der Waals surface area (Å²) in [6.45, 7) is 7.73. The lowest BCUT2D eigenvalue weighted by Crippen LogP contribution is -2.33. The quantitative estimate of drug-likeness (QED) is 0.276. The average molecular weight is 514 g/mol. The molecule has 0 bridgehead atoms. The molecular formula is C24H26F8O3. The first-order valence-corrected chi connectivity index (χ1v) is 10.4. The third-order valence-corrected chi connectivity index (χ3v) is 5.21. The molecule has 11 heteroatoms. The van der Waals surface area contributed by atoms with Crippen molar-refractivity contribution in [2.24, 2.45) is 0 Å². The van der Waals surface area contributed by atoms with Crippen molar-refractivity contribution in [2.75, 3.05) is 13.2 Å². The predicted molar refractivity (Wildman–Crippen MR) is 113 cm³/mol. The van der Waals surface area contributed by atoms with Crippen LogP contribution >= 0.6 is 0 Å². The molecule has 0 aliphatic rings. The predicted octanol–water partition coefficient (Wildman–Crippen LogP) is 7.43. The van der Waals surface area contributed by atoms with Crippen LogP contribution in [0.4, 0.5) is 35.1 Å². The lowest BCUT2D eigenvalue weighted by Gasteiger charge is -2.30. The van der Waals surface area contributed by atoms with E-state index in [1.54, 1.807) is 0 Å². The van der Waals surface area contributed by atoms with Crippen LogP contribution in [0.5, 0.6) is 11.5 Å². The molecule has 0 atom stereocenters. The highest BCUT2D eigenvalue weighted by molar-refractivity contribution is 5.33. The van der Waals surface area contributed by atoms with Crippen molar-refractivity contribution in [3.8, 4) is 11.5 Å². The van der Waals surface area contributed by atoms with Crippen LogP contribution in [0.1, 0.15) is 38.8 Å². The lowest BCUT2D eigenvalue weighted by atomic mass is 9.84. The second kappa shape index (κ2) is 10.6. The van der Waals surface area contributed by atoms with Crippen LogP contribution in [0.25, 0.3) is 0 Å². The molecular weight excluding hydrogens is 488 g/mol. The van der Waals surface area contributed by atoms with E-state index in [0.29, 0.717) is 11.1 Å². The SMILES string of the molecule is CC(C)(COCC(C)(C)c1ccc(OC(F)(F)C(F)F)cc1)c1ccc(OC(F)(F)C(F)F)cc1. The highest BCUT2D eigenvalue weighted by atomic mass is 19.3. The molecule has 0 N–H and O–H groups in total. The fourth-order valence-electron chi connectivity index (χ4n) is 3.08. The number of ether oxygens (including phenoxy) is 3. The van der Waals surface area contributed by atoms with Gasteiger partial charge in [0.2, 0.25) is 0 Å². The molecule has 3 nitrogen and oxygen atoms in total. The molecule has 0 radical (unpaired) electrons. The Morgan fingerprint density at radius 3 is 1.11 bits per heavy atom. The number of benzene rings is 2. The van der Waals surface area contributed by atoms with E-state index >= 15 is 0 Å². The summed E-state index contributed by atoms with van der Waals surface area (Å²) in [5.74, 6) is -0.814. The van der Waals surface area contributed by atoms with Crippen LogP contribution in [0.15, 0.2) is 48.5 Å². The maximum Gasteiger partial charge on any atom is 0.461 e. The summed E-state index contributed by atoms with van der Waals surface area (Å²) in [6, 6.07) is 10.5. The van der Waals surface area contributed by atoms with Gasteiger partial charge in [0, 0.05) is 10.8 Å². The molecule has 0 spiro atoms. The summed E-state index contributed by atoms with van der Waals surface area (Å²) in [5.41, 5.74) is 0.200. The number of hydrogen-bond donors (Lipinski definition) is 0. The Balaban J connectivity index is 1.97. The van der Waals surface area contributed by atoms with E-state index < -0.39 is 47.4 Å². The second-order valence-electron chi connectivity index (χ2n) is 9.24. The first-order valence-electron chi connectivity index (χ1n) is 10.4. The highest BCUT2D eigenvalue weighted by Crippen LogP contribution is 2.33. The van der Waals surface area contributed by atoms with Gasteiger partial charge in [-0.05, 0) is 35.4 Å². The van der Waals surface area contributed by atoms with Gasteiger partial charge < -0.3 is 14.2 Å². The Bertz CT molecular complexity index is 865. The van der Waals surface area contributed by atoms with Gasteiger partial charge in [0.15, 0.2) is 0 Å². The summed E-state index contributed by atoms with van der Waals surface area (Å²) in [4.78, 5) is 0. The molecule has 2 aromatic rings. The fourth-order valence-corrected chi connectivity index (χ4v) is 3.08. The molecule has 0 fully saturated rings. The Labute approximate surface area is 198 Å². The Morgan fingerprint density at radius 2 is 0.857 bits per heavy atom. The zero-order valence-electron chi connectivity index (χ0n) is 19.4. The third-order valence-electron chi connectivity index (χ3n) is 5.21. The van der Waals surface area contributed by atoms with Crippen molar-refractivity contribution in [3.05, 3.63) is 59.7 Å². The molecule has 0 saturated heterocycles. The maximum atomic E-state index is 13.0. The van der Waals surface area contributed by atoms with Gasteiger partial charge in [0.05, 0.1) is 13.2 Å². The molecule has 0 saturated carbocycles. The van der Waals surface area contributed by atoms with Crippen LogP contribution in [0, 0.1) is 0 Å². The Morgan fingerprint density at radius 1 is 0.571 bits per heavy atom. The van der Waals surface area contributed by atoms with E-state index in [-0.39, 0.29) is 13.2 Å². The standard InChI is InChI=1S/C24H26F8O3/c1-21(2,15-5-9-17(10-6-15)34-23(29,30)19(25)26)13-33-14-22(3,4)16-7-11-18(12-8-16)35-24(31,32)20(27)28/h5-12,19-20H,13-14H2,1-4H3. The van der Waals surface area contributed by atoms with Gasteiger partial charge >= 0.3 is 25.1 Å². The van der Waals surface area contributed by atoms with Gasteiger partial charge in [-0.25, -0.2) is 0 Å². The van der Waals surface area contributed by atoms with Gasteiger partial charge in [-0.3, -0.25) is 0 Å². The van der Waals surface area contributed by atoms with Gasteiger partial charge in [-0.2, -0.15) is 35.1 Å². The van der Waals surface area contributed by atoms with Crippen LogP contribution in [0.2, 0.25) is 0 Å². The smallest absolute Gasteiger partial charge is 0.428 e. The minimum Gasteiger partial charge on any atom is -0.428 e. The number of alkyl halides is 8. The molecule has 0 heterocycles. The van der Waals surface area contributed by atoms with E-state index in [0.717, 1.165) is 0 Å². The monoisotopic (exact) mass is 514 g/mol. The van der Waals surface area contributed by atoms with E-state index in [9.17, 15) is 35.1 Å². The Hall–Kier alpha value is -2.56. The van der Waals surface area contributed by atoms with Gasteiger partial charge in [-0.15, -0.1) is 0 Å². The van der Waals surface area contributed by atoms with Crippen LogP contribution in [-0.4, -0.2) is 38.3 Å². The van der Waals surface area contributed by atoms with Crippen molar-refractivity contribution in [3.63, 3.8) is 0 Å². The average Bonchev–Trinajstić information content (AvgIpc) is 2.73. The van der Waals surface area contributed by atoms with E-state index in [2.05, 4.69) is 9.47 Å². The maximum absolute atomic E-state index is 13.0. The van der Waals surface area contributed by atoms with Gasteiger partial charge in [0.1, 0.15) is 11.5 Å². The normalized spacial score (nSPS) is 13.4. The van der Waals surface area contributed by atoms with Crippen LogP contribution in [-0.2, 0) is 15.6 Å². The topological polar surface area (TPSA) is 27.7 Å². The molecule has 0 aromatic heterocycles. The summed E-state index contributed by atoms with van der Waals surface area (Å²) < 4.78 is 115. The Kier molecular flexibility index (Phi) is 8.68. The molecule has 0 aliphatic heterocycles. The van der Waals surface area contributed by atoms with E-state index in [1.807, 2.05) is 27.7 Å². The largest absolute Gasteiger partial charge is 0.461 e. The molecule has 0 unspecified atom stereocenters. The summed E-state index contributed by atoms with van der Waals surface area (Å²) in [6.07, 6.45) is -17.1. The second-order valence-corrected chi connectivity index (χ2v) is 9.24. The molecule has 0 amide bonds. The molecule has 196 valence electrons. The summed E-state index contributed by atoms with van der Waals surface area (Å²) >= 11 is 0. The lowest BCUT2D eigenvalue weighted by molar-refractivity contribution is -0.253. The first-order chi connectivity index (χ1) is 16.0. The summed E-state index contributed by atoms with van der Waals surface area (Å²) in [5, 5.41) is 0. The molecule has 35 heavy (non-hydrogen) atoms. The van der Waals surface area contributed by atoms with E-state index in [4.69, 9.17) is 4.74 Å². The minimum atomic E-state index is -4.60. The molecule has 0 aliphatic carbocycles. The van der Waals surface area contributed by atoms with Crippen molar-refractivity contribution in [1.82, 2.24) is 0 Å². The van der Waals surface area contributed by atoms with Crippen molar-refractivity contribution in [2.45, 2.75) is 63.6 Å². The summed E-state index contributed by atoms with van der Waals surface area (Å²) in [7, 11) is 0. The van der Waals surface area contributed by atoms with Crippen molar-refractivity contribution >= 4 is 0 Å². The number of hydrogen-bond acceptors (Lipinski definition) is 3. The van der Waals surface area contributed by atoms with Crippen LogP contribution < -0.4 is 9.47 Å². The fraction of sp³-hybridized carbons (Fsp3) is 0.500. The minimum absolute atomic E-state index is 0.200. The highest BCUT2D eigenvalue weighted by Gasteiger charge is 2.44. The van der Waals surface area contributed by atoms with Gasteiger partial charge in [0.25, 0.3) is 0 Å². The zero-order chi connectivity index (χ0) is 26.7. The van der Waals surface area contributed by atoms with E-state index in [1.165, 1.54) is 48.5 Å². The molecule has 2 aromatic carbocycles. The van der Waals surface area contributed by atoms with Crippen molar-refractivity contribution < 1.29 is 49.3 Å². The zero-order valence-corrected chi connectivity index (χ0v) is 19.4. The third kappa shape index (κ3) is 7.71. The number of halogens is 8. The van der Waals surface area contributed by atoms with Crippen LogP contribution in [0.3, 0.4) is 0 Å².